The summed E-state index contributed by atoms with van der Waals surface area (Å²) in [6.07, 6.45) is 0.397. The summed E-state index contributed by atoms with van der Waals surface area (Å²) in [6, 6.07) is 15.2. The Balaban J connectivity index is 1.73. The smallest absolute Gasteiger partial charge is 0.326 e. The van der Waals surface area contributed by atoms with Gasteiger partial charge in [0.05, 0.1) is 26.1 Å². The van der Waals surface area contributed by atoms with E-state index in [1.807, 2.05) is 62.4 Å². The van der Waals surface area contributed by atoms with E-state index in [4.69, 9.17) is 9.47 Å². The summed E-state index contributed by atoms with van der Waals surface area (Å²) in [7, 11) is 4.44. The number of nitrogens with one attached hydrogen (secondary N) is 1. The maximum Gasteiger partial charge on any atom is 0.326 e. The Morgan fingerprint density at radius 2 is 1.58 bits per heavy atom. The van der Waals surface area contributed by atoms with Crippen LogP contribution in [0.15, 0.2) is 48.5 Å². The van der Waals surface area contributed by atoms with Crippen LogP contribution in [0.25, 0.3) is 11.1 Å². The highest BCUT2D eigenvalue weighted by Crippen LogP contribution is 2.51. The number of amides is 2. The van der Waals surface area contributed by atoms with Gasteiger partial charge in [0.1, 0.15) is 11.3 Å². The number of methoxy groups -OCH3 is 2. The van der Waals surface area contributed by atoms with Crippen molar-refractivity contribution in [2.24, 2.45) is 17.8 Å². The molecule has 174 valence electrons. The van der Waals surface area contributed by atoms with E-state index in [1.165, 1.54) is 14.2 Å². The van der Waals surface area contributed by atoms with Crippen LogP contribution in [0.1, 0.15) is 31.9 Å². The summed E-state index contributed by atoms with van der Waals surface area (Å²) in [6.45, 7) is 3.98. The van der Waals surface area contributed by atoms with Gasteiger partial charge in [0.25, 0.3) is 0 Å². The summed E-state index contributed by atoms with van der Waals surface area (Å²) >= 11 is 0. The molecular formula is C26H30N2O5. The minimum atomic E-state index is -1.25. The molecule has 0 aromatic heterocycles. The summed E-state index contributed by atoms with van der Waals surface area (Å²) in [4.78, 5) is 40.5. The first kappa shape index (κ1) is 23.0. The van der Waals surface area contributed by atoms with Crippen LogP contribution in [-0.4, -0.2) is 49.5 Å². The molecule has 0 saturated carbocycles. The van der Waals surface area contributed by atoms with Gasteiger partial charge in [0, 0.05) is 13.1 Å². The van der Waals surface area contributed by atoms with Crippen LogP contribution in [0.2, 0.25) is 0 Å². The lowest BCUT2D eigenvalue weighted by Gasteiger charge is -2.33. The highest BCUT2D eigenvalue weighted by atomic mass is 16.5. The van der Waals surface area contributed by atoms with Gasteiger partial charge < -0.3 is 9.47 Å². The fourth-order valence-electron chi connectivity index (χ4n) is 5.38. The molecule has 2 aromatic rings. The first-order valence-electron chi connectivity index (χ1n) is 11.2. The Kier molecular flexibility index (Phi) is 6.01. The molecule has 0 spiro atoms. The number of esters is 1. The summed E-state index contributed by atoms with van der Waals surface area (Å²) in [5, 5.41) is 3.40. The highest BCUT2D eigenvalue weighted by molar-refractivity contribution is 6.09. The van der Waals surface area contributed by atoms with Crippen molar-refractivity contribution in [1.82, 2.24) is 10.2 Å². The predicted octanol–water partition coefficient (Wildman–Crippen LogP) is 3.20. The minimum Gasteiger partial charge on any atom is -0.497 e. The second-order valence-corrected chi connectivity index (χ2v) is 9.27. The van der Waals surface area contributed by atoms with Crippen molar-refractivity contribution >= 4 is 17.8 Å². The molecule has 2 heterocycles. The van der Waals surface area contributed by atoms with Crippen LogP contribution in [0, 0.1) is 17.8 Å². The molecule has 2 amide bonds. The number of fused-ring (bicyclic) bond motifs is 1. The molecular weight excluding hydrogens is 420 g/mol. The van der Waals surface area contributed by atoms with Crippen molar-refractivity contribution in [2.45, 2.75) is 31.8 Å². The maximum atomic E-state index is 13.1. The zero-order valence-electron chi connectivity index (χ0n) is 19.6. The Morgan fingerprint density at radius 1 is 1.00 bits per heavy atom. The van der Waals surface area contributed by atoms with Crippen molar-refractivity contribution in [3.8, 4) is 16.9 Å². The molecule has 4 rings (SSSR count). The van der Waals surface area contributed by atoms with E-state index in [0.29, 0.717) is 6.42 Å². The van der Waals surface area contributed by atoms with Gasteiger partial charge in [-0.05, 0) is 41.2 Å². The zero-order valence-corrected chi connectivity index (χ0v) is 19.6. The molecule has 7 nitrogen and oxygen atoms in total. The van der Waals surface area contributed by atoms with Crippen LogP contribution in [0.4, 0.5) is 0 Å². The maximum absolute atomic E-state index is 13.1. The zero-order chi connectivity index (χ0) is 23.9. The van der Waals surface area contributed by atoms with Gasteiger partial charge in [-0.25, -0.2) is 0 Å². The predicted molar refractivity (Wildman–Crippen MR) is 123 cm³/mol. The molecule has 2 saturated heterocycles. The fraction of sp³-hybridized carbons (Fsp3) is 0.423. The number of benzene rings is 2. The van der Waals surface area contributed by atoms with Crippen LogP contribution in [-0.2, 0) is 19.1 Å². The molecule has 2 fully saturated rings. The van der Waals surface area contributed by atoms with Crippen LogP contribution >= 0.6 is 0 Å². The van der Waals surface area contributed by atoms with Crippen molar-refractivity contribution < 1.29 is 23.9 Å². The molecule has 0 aliphatic carbocycles. The summed E-state index contributed by atoms with van der Waals surface area (Å²) in [5.41, 5.74) is 1.66. The van der Waals surface area contributed by atoms with E-state index < -0.39 is 29.4 Å². The lowest BCUT2D eigenvalue weighted by molar-refractivity contribution is -0.154. The Labute approximate surface area is 194 Å². The number of likely N-dealkylation sites (tertiary alicyclic amines) is 1. The van der Waals surface area contributed by atoms with Gasteiger partial charge in [-0.1, -0.05) is 50.2 Å². The van der Waals surface area contributed by atoms with Crippen LogP contribution in [0.3, 0.4) is 0 Å². The van der Waals surface area contributed by atoms with E-state index in [2.05, 4.69) is 5.32 Å². The van der Waals surface area contributed by atoms with E-state index >= 15 is 0 Å². The Morgan fingerprint density at radius 3 is 2.09 bits per heavy atom. The van der Waals surface area contributed by atoms with E-state index in [0.717, 1.165) is 27.3 Å². The van der Waals surface area contributed by atoms with Crippen LogP contribution < -0.4 is 10.1 Å². The first-order valence-corrected chi connectivity index (χ1v) is 11.2. The third-order valence-corrected chi connectivity index (χ3v) is 6.85. The lowest BCUT2D eigenvalue weighted by atomic mass is 9.75. The van der Waals surface area contributed by atoms with Gasteiger partial charge in [-0.2, -0.15) is 0 Å². The number of nitrogens with zero attached hydrogens (tertiary/aromatic N) is 1. The van der Waals surface area contributed by atoms with E-state index in [9.17, 15) is 14.4 Å². The average molecular weight is 451 g/mol. The summed E-state index contributed by atoms with van der Waals surface area (Å²) < 4.78 is 10.4. The second kappa shape index (κ2) is 8.63. The van der Waals surface area contributed by atoms with Gasteiger partial charge in [0.15, 0.2) is 0 Å². The largest absolute Gasteiger partial charge is 0.497 e. The molecule has 1 N–H and O–H groups in total. The standard InChI is InChI=1S/C26H30N2O5/c1-15(2)14-26(25(31)33-5)21-20(23(29)28(3)24(21)30)22(27-26)18-8-6-16(7-9-18)17-10-12-19(32-4)13-11-17/h6-13,15,20-22,27H,14H2,1-5H3/t20?,21?,22?,26-/m1/s1. The normalized spacial score (nSPS) is 26.6. The monoisotopic (exact) mass is 450 g/mol. The number of hydrogen-bond acceptors (Lipinski definition) is 6. The molecule has 7 heteroatoms. The summed E-state index contributed by atoms with van der Waals surface area (Å²) in [5.74, 6) is -1.66. The van der Waals surface area contributed by atoms with Crippen molar-refractivity contribution in [1.29, 1.82) is 0 Å². The van der Waals surface area contributed by atoms with Gasteiger partial charge in [-0.15, -0.1) is 0 Å². The fourth-order valence-corrected chi connectivity index (χ4v) is 5.38. The van der Waals surface area contributed by atoms with E-state index in [1.54, 1.807) is 7.11 Å². The Hall–Kier alpha value is -3.19. The Bertz CT molecular complexity index is 1060. The number of imide groups is 1. The number of ether oxygens (including phenoxy) is 2. The third kappa shape index (κ3) is 3.70. The van der Waals surface area contributed by atoms with Crippen molar-refractivity contribution in [3.63, 3.8) is 0 Å². The molecule has 3 unspecified atom stereocenters. The van der Waals surface area contributed by atoms with Gasteiger partial charge in [0.2, 0.25) is 11.8 Å². The average Bonchev–Trinajstić information content (AvgIpc) is 3.28. The minimum absolute atomic E-state index is 0.113. The van der Waals surface area contributed by atoms with Crippen molar-refractivity contribution in [2.75, 3.05) is 21.3 Å². The number of carbonyl (C=O) groups excluding carboxylic acids is 3. The van der Waals surface area contributed by atoms with Gasteiger partial charge in [-0.3, -0.25) is 24.6 Å². The van der Waals surface area contributed by atoms with Gasteiger partial charge >= 0.3 is 5.97 Å². The SMILES string of the molecule is COC(=O)[C@]1(CC(C)C)NC(c2ccc(-c3ccc(OC)cc3)cc2)C2C(=O)N(C)C(=O)C21. The topological polar surface area (TPSA) is 84.9 Å². The molecule has 0 bridgehead atoms. The number of rotatable bonds is 6. The third-order valence-electron chi connectivity index (χ3n) is 6.85. The number of carbonyl (C=O) groups is 3. The molecule has 0 radical (unpaired) electrons. The second-order valence-electron chi connectivity index (χ2n) is 9.27. The molecule has 2 aliphatic heterocycles. The molecule has 4 atom stereocenters. The van der Waals surface area contributed by atoms with Crippen molar-refractivity contribution in [3.05, 3.63) is 54.1 Å². The first-order chi connectivity index (χ1) is 15.7. The van der Waals surface area contributed by atoms with E-state index in [-0.39, 0.29) is 17.7 Å². The van der Waals surface area contributed by atoms with Crippen LogP contribution in [0.5, 0.6) is 5.75 Å². The molecule has 2 aliphatic rings. The lowest BCUT2D eigenvalue weighted by Crippen LogP contribution is -2.56. The molecule has 33 heavy (non-hydrogen) atoms. The highest BCUT2D eigenvalue weighted by Gasteiger charge is 2.68. The quantitative estimate of drug-likeness (QED) is 0.538. The molecule has 2 aromatic carbocycles. The number of hydrogen-bond donors (Lipinski definition) is 1.